The number of nitrogens with zero attached hydrogens (tertiary/aromatic N) is 3. The molecule has 26 heavy (non-hydrogen) atoms. The molecule has 0 saturated carbocycles. The van der Waals surface area contributed by atoms with Crippen LogP contribution in [0.1, 0.15) is 6.92 Å². The first-order chi connectivity index (χ1) is 12.3. The van der Waals surface area contributed by atoms with E-state index < -0.39 is 22.5 Å². The molecular formula is C15H16ClN5O5. The summed E-state index contributed by atoms with van der Waals surface area (Å²) in [7, 11) is 0. The highest BCUT2D eigenvalue weighted by atomic mass is 35.5. The predicted octanol–water partition coefficient (Wildman–Crippen LogP) is 2.01. The van der Waals surface area contributed by atoms with Gasteiger partial charge in [0.05, 0.1) is 22.2 Å². The van der Waals surface area contributed by atoms with Crippen LogP contribution >= 0.6 is 11.6 Å². The lowest BCUT2D eigenvalue weighted by Crippen LogP contribution is -2.32. The van der Waals surface area contributed by atoms with Gasteiger partial charge in [-0.3, -0.25) is 19.8 Å². The second-order valence-electron chi connectivity index (χ2n) is 4.71. The van der Waals surface area contributed by atoms with Gasteiger partial charge in [0.25, 0.3) is 11.6 Å². The van der Waals surface area contributed by atoms with Gasteiger partial charge in [-0.25, -0.2) is 4.79 Å². The molecule has 0 aliphatic rings. The SMILES string of the molecule is CCOC(=O)N(/C=C(/C#N)C(=O)Nc1cc([N+](=O)[O-])ccc1Cl)CCN. The van der Waals surface area contributed by atoms with E-state index in [-0.39, 0.29) is 36.1 Å². The zero-order chi connectivity index (χ0) is 19.7. The van der Waals surface area contributed by atoms with Crippen LogP contribution in [0.4, 0.5) is 16.2 Å². The molecule has 0 aromatic heterocycles. The fourth-order valence-electron chi connectivity index (χ4n) is 1.76. The molecule has 3 N–H and O–H groups in total. The van der Waals surface area contributed by atoms with Crippen molar-refractivity contribution in [2.75, 3.05) is 25.0 Å². The van der Waals surface area contributed by atoms with Gasteiger partial charge < -0.3 is 15.8 Å². The summed E-state index contributed by atoms with van der Waals surface area (Å²) in [6, 6.07) is 5.11. The van der Waals surface area contributed by atoms with E-state index >= 15 is 0 Å². The van der Waals surface area contributed by atoms with Crippen LogP contribution in [-0.2, 0) is 9.53 Å². The Bertz CT molecular complexity index is 774. The molecule has 2 amide bonds. The van der Waals surface area contributed by atoms with Crippen molar-refractivity contribution in [3.8, 4) is 6.07 Å². The van der Waals surface area contributed by atoms with Gasteiger partial charge >= 0.3 is 6.09 Å². The number of non-ortho nitro benzene ring substituents is 1. The number of hydrogen-bond donors (Lipinski definition) is 2. The van der Waals surface area contributed by atoms with E-state index in [0.717, 1.165) is 17.2 Å². The molecule has 0 unspecified atom stereocenters. The summed E-state index contributed by atoms with van der Waals surface area (Å²) in [5.41, 5.74) is 4.63. The van der Waals surface area contributed by atoms with E-state index in [2.05, 4.69) is 5.32 Å². The van der Waals surface area contributed by atoms with Gasteiger partial charge in [-0.1, -0.05) is 11.6 Å². The number of nitro benzene ring substituents is 1. The molecule has 0 bridgehead atoms. The van der Waals surface area contributed by atoms with Crippen molar-refractivity contribution in [1.82, 2.24) is 4.90 Å². The van der Waals surface area contributed by atoms with Crippen molar-refractivity contribution >= 4 is 35.0 Å². The molecule has 0 aliphatic carbocycles. The van der Waals surface area contributed by atoms with Crippen LogP contribution in [0, 0.1) is 21.4 Å². The van der Waals surface area contributed by atoms with Crippen molar-refractivity contribution in [3.63, 3.8) is 0 Å². The number of nitrogens with two attached hydrogens (primary N) is 1. The second-order valence-corrected chi connectivity index (χ2v) is 5.12. The second kappa shape index (κ2) is 9.97. The van der Waals surface area contributed by atoms with Gasteiger partial charge in [-0.15, -0.1) is 0 Å². The number of nitro groups is 1. The largest absolute Gasteiger partial charge is 0.449 e. The molecular weight excluding hydrogens is 366 g/mol. The van der Waals surface area contributed by atoms with Gasteiger partial charge in [-0.05, 0) is 13.0 Å². The minimum absolute atomic E-state index is 0.0227. The summed E-state index contributed by atoms with van der Waals surface area (Å²) in [4.78, 5) is 35.2. The quantitative estimate of drug-likeness (QED) is 0.317. The van der Waals surface area contributed by atoms with E-state index in [1.165, 1.54) is 12.1 Å². The average molecular weight is 382 g/mol. The molecule has 0 heterocycles. The Morgan fingerprint density at radius 3 is 2.77 bits per heavy atom. The van der Waals surface area contributed by atoms with Crippen LogP contribution in [0.5, 0.6) is 0 Å². The standard InChI is InChI=1S/C15H16ClN5O5/c1-2-26-15(23)20(6-5-17)9-10(8-18)14(22)19-13-7-11(21(24)25)3-4-12(13)16/h3-4,7,9H,2,5-6,17H2,1H3,(H,19,22)/b10-9-. The van der Waals surface area contributed by atoms with Gasteiger partial charge in [0.2, 0.25) is 0 Å². The number of carbonyl (C=O) groups excluding carboxylic acids is 2. The summed E-state index contributed by atoms with van der Waals surface area (Å²) >= 11 is 5.90. The number of nitriles is 1. The molecule has 11 heteroatoms. The molecule has 0 spiro atoms. The third-order valence-corrected chi connectivity index (χ3v) is 3.26. The number of carbonyl (C=O) groups is 2. The summed E-state index contributed by atoms with van der Waals surface area (Å²) in [5, 5.41) is 22.3. The Balaban J connectivity index is 3.08. The Morgan fingerprint density at radius 1 is 1.54 bits per heavy atom. The van der Waals surface area contributed by atoms with E-state index in [4.69, 9.17) is 22.1 Å². The Morgan fingerprint density at radius 2 is 2.23 bits per heavy atom. The van der Waals surface area contributed by atoms with Gasteiger partial charge in [0, 0.05) is 31.4 Å². The number of rotatable bonds is 7. The third kappa shape index (κ3) is 5.73. The summed E-state index contributed by atoms with van der Waals surface area (Å²) in [5.74, 6) is -0.902. The van der Waals surface area contributed by atoms with E-state index in [9.17, 15) is 25.0 Å². The molecule has 0 saturated heterocycles. The molecule has 138 valence electrons. The molecule has 0 atom stereocenters. The maximum absolute atomic E-state index is 12.3. The van der Waals surface area contributed by atoms with E-state index in [1.54, 1.807) is 13.0 Å². The smallest absolute Gasteiger partial charge is 0.413 e. The van der Waals surface area contributed by atoms with Crippen LogP contribution in [0.25, 0.3) is 0 Å². The molecule has 1 aromatic rings. The lowest BCUT2D eigenvalue weighted by Gasteiger charge is -2.17. The summed E-state index contributed by atoms with van der Waals surface area (Å²) in [6.07, 6.45) is 0.220. The lowest BCUT2D eigenvalue weighted by molar-refractivity contribution is -0.384. The molecule has 0 radical (unpaired) electrons. The minimum Gasteiger partial charge on any atom is -0.449 e. The van der Waals surface area contributed by atoms with Crippen LogP contribution < -0.4 is 11.1 Å². The number of amides is 2. The van der Waals surface area contributed by atoms with Crippen molar-refractivity contribution in [2.24, 2.45) is 5.73 Å². The van der Waals surface area contributed by atoms with Crippen molar-refractivity contribution in [2.45, 2.75) is 6.92 Å². The van der Waals surface area contributed by atoms with Crippen LogP contribution in [-0.4, -0.2) is 41.5 Å². The van der Waals surface area contributed by atoms with Crippen LogP contribution in [0.3, 0.4) is 0 Å². The molecule has 0 fully saturated rings. The highest BCUT2D eigenvalue weighted by Crippen LogP contribution is 2.27. The number of hydrogen-bond acceptors (Lipinski definition) is 7. The number of benzene rings is 1. The highest BCUT2D eigenvalue weighted by molar-refractivity contribution is 6.34. The van der Waals surface area contributed by atoms with Gasteiger partial charge in [0.15, 0.2) is 0 Å². The fourth-order valence-corrected chi connectivity index (χ4v) is 1.93. The van der Waals surface area contributed by atoms with Crippen LogP contribution in [0.15, 0.2) is 30.0 Å². The Kier molecular flexibility index (Phi) is 8.01. The van der Waals surface area contributed by atoms with Crippen molar-refractivity contribution in [3.05, 3.63) is 45.1 Å². The monoisotopic (exact) mass is 381 g/mol. The van der Waals surface area contributed by atoms with Crippen molar-refractivity contribution in [1.29, 1.82) is 5.26 Å². The molecule has 10 nitrogen and oxygen atoms in total. The van der Waals surface area contributed by atoms with E-state index in [1.807, 2.05) is 0 Å². The first-order valence-electron chi connectivity index (χ1n) is 7.34. The van der Waals surface area contributed by atoms with Gasteiger partial charge in [-0.2, -0.15) is 5.26 Å². The number of ether oxygens (including phenoxy) is 1. The minimum atomic E-state index is -0.902. The fraction of sp³-hybridized carbons (Fsp3) is 0.267. The maximum Gasteiger partial charge on any atom is 0.413 e. The zero-order valence-corrected chi connectivity index (χ0v) is 14.5. The van der Waals surface area contributed by atoms with Crippen molar-refractivity contribution < 1.29 is 19.2 Å². The zero-order valence-electron chi connectivity index (χ0n) is 13.8. The lowest BCUT2D eigenvalue weighted by atomic mass is 10.2. The Hall–Kier alpha value is -3.16. The first kappa shape index (κ1) is 20.9. The summed E-state index contributed by atoms with van der Waals surface area (Å²) in [6.45, 7) is 1.80. The summed E-state index contributed by atoms with van der Waals surface area (Å²) < 4.78 is 4.81. The average Bonchev–Trinajstić information content (AvgIpc) is 2.60. The Labute approximate surface area is 153 Å². The van der Waals surface area contributed by atoms with E-state index in [0.29, 0.717) is 0 Å². The highest BCUT2D eigenvalue weighted by Gasteiger charge is 2.18. The molecule has 1 rings (SSSR count). The van der Waals surface area contributed by atoms with Crippen LogP contribution in [0.2, 0.25) is 5.02 Å². The van der Waals surface area contributed by atoms with Gasteiger partial charge in [0.1, 0.15) is 11.6 Å². The first-order valence-corrected chi connectivity index (χ1v) is 7.72. The maximum atomic E-state index is 12.3. The topological polar surface area (TPSA) is 152 Å². The normalized spacial score (nSPS) is 10.6. The predicted molar refractivity (Wildman–Crippen MR) is 93.2 cm³/mol. The third-order valence-electron chi connectivity index (χ3n) is 2.93. The molecule has 1 aromatic carbocycles. The number of halogens is 1. The molecule has 0 aliphatic heterocycles. The number of anilines is 1. The number of nitrogens with one attached hydrogen (secondary N) is 1.